The van der Waals surface area contributed by atoms with Crippen molar-refractivity contribution in [3.05, 3.63) is 63.3 Å². The van der Waals surface area contributed by atoms with Crippen LogP contribution in [0.15, 0.2) is 46.9 Å². The van der Waals surface area contributed by atoms with Gasteiger partial charge in [0.25, 0.3) is 0 Å². The van der Waals surface area contributed by atoms with Gasteiger partial charge in [-0.2, -0.15) is 0 Å². The van der Waals surface area contributed by atoms with E-state index in [4.69, 9.17) is 16.3 Å². The van der Waals surface area contributed by atoms with Crippen LogP contribution in [0.4, 0.5) is 4.39 Å². The first-order valence-corrected chi connectivity index (χ1v) is 6.15. The molecule has 0 radical (unpaired) electrons. The molecule has 0 heterocycles. The van der Waals surface area contributed by atoms with Crippen molar-refractivity contribution in [1.82, 2.24) is 0 Å². The first kappa shape index (κ1) is 12.4. The number of hydrogen-bond donors (Lipinski definition) is 0. The molecule has 0 aliphatic rings. The molecule has 2 rings (SSSR count). The summed E-state index contributed by atoms with van der Waals surface area (Å²) in [5, 5.41) is 0.644. The van der Waals surface area contributed by atoms with Crippen molar-refractivity contribution in [2.75, 3.05) is 0 Å². The zero-order valence-corrected chi connectivity index (χ0v) is 11.1. The van der Waals surface area contributed by atoms with E-state index in [1.807, 2.05) is 18.2 Å². The largest absolute Gasteiger partial charge is 0.489 e. The van der Waals surface area contributed by atoms with Crippen molar-refractivity contribution < 1.29 is 9.13 Å². The van der Waals surface area contributed by atoms with Crippen LogP contribution in [0.2, 0.25) is 5.02 Å². The van der Waals surface area contributed by atoms with E-state index in [2.05, 4.69) is 15.9 Å². The molecule has 0 unspecified atom stereocenters. The van der Waals surface area contributed by atoms with Crippen LogP contribution < -0.4 is 4.74 Å². The van der Waals surface area contributed by atoms with Gasteiger partial charge in [-0.05, 0) is 34.1 Å². The summed E-state index contributed by atoms with van der Waals surface area (Å²) >= 11 is 9.07. The van der Waals surface area contributed by atoms with Crippen molar-refractivity contribution in [3.8, 4) is 5.75 Å². The second-order valence-electron chi connectivity index (χ2n) is 3.46. The molecule has 0 spiro atoms. The molecular formula is C13H9BrClFO. The number of benzene rings is 2. The fourth-order valence-corrected chi connectivity index (χ4v) is 1.78. The minimum atomic E-state index is -0.346. The summed E-state index contributed by atoms with van der Waals surface area (Å²) in [4.78, 5) is 0. The van der Waals surface area contributed by atoms with Gasteiger partial charge in [-0.25, -0.2) is 4.39 Å². The Bertz CT molecular complexity index is 531. The summed E-state index contributed by atoms with van der Waals surface area (Å²) in [6.45, 7) is 0.320. The summed E-state index contributed by atoms with van der Waals surface area (Å²) in [5.74, 6) is 0.132. The van der Waals surface area contributed by atoms with Crippen LogP contribution in [0, 0.1) is 5.82 Å². The highest BCUT2D eigenvalue weighted by molar-refractivity contribution is 9.10. The molecule has 0 N–H and O–H groups in total. The zero-order valence-electron chi connectivity index (χ0n) is 8.79. The van der Waals surface area contributed by atoms with E-state index in [0.717, 1.165) is 5.56 Å². The van der Waals surface area contributed by atoms with Crippen LogP contribution >= 0.6 is 27.5 Å². The third kappa shape index (κ3) is 3.20. The Morgan fingerprint density at radius 2 is 1.94 bits per heavy atom. The molecular weight excluding hydrogens is 306 g/mol. The van der Waals surface area contributed by atoms with Gasteiger partial charge in [-0.1, -0.05) is 29.8 Å². The molecule has 0 aromatic heterocycles. The van der Waals surface area contributed by atoms with Crippen LogP contribution in [0.5, 0.6) is 5.75 Å². The van der Waals surface area contributed by atoms with Crippen molar-refractivity contribution in [3.63, 3.8) is 0 Å². The Kier molecular flexibility index (Phi) is 4.02. The summed E-state index contributed by atoms with van der Waals surface area (Å²) in [6.07, 6.45) is 0. The maximum absolute atomic E-state index is 13.2. The Morgan fingerprint density at radius 1 is 1.18 bits per heavy atom. The van der Waals surface area contributed by atoms with E-state index in [1.165, 1.54) is 6.07 Å². The van der Waals surface area contributed by atoms with Crippen molar-refractivity contribution in [2.45, 2.75) is 6.61 Å². The molecule has 4 heteroatoms. The maximum atomic E-state index is 13.2. The fraction of sp³-hybridized carbons (Fsp3) is 0.0769. The Balaban J connectivity index is 2.08. The first-order valence-electron chi connectivity index (χ1n) is 4.98. The maximum Gasteiger partial charge on any atom is 0.141 e. The third-order valence-electron chi connectivity index (χ3n) is 2.24. The van der Waals surface area contributed by atoms with Crippen molar-refractivity contribution in [2.24, 2.45) is 0 Å². The van der Waals surface area contributed by atoms with E-state index in [9.17, 15) is 4.39 Å². The van der Waals surface area contributed by atoms with E-state index in [-0.39, 0.29) is 5.82 Å². The molecule has 2 aromatic carbocycles. The molecule has 17 heavy (non-hydrogen) atoms. The number of hydrogen-bond acceptors (Lipinski definition) is 1. The molecule has 2 aromatic rings. The van der Waals surface area contributed by atoms with Gasteiger partial charge in [0.15, 0.2) is 0 Å². The van der Waals surface area contributed by atoms with Crippen molar-refractivity contribution >= 4 is 27.5 Å². The Hall–Kier alpha value is -1.06. The summed E-state index contributed by atoms with van der Waals surface area (Å²) in [7, 11) is 0. The van der Waals surface area contributed by atoms with E-state index in [1.54, 1.807) is 18.2 Å². The van der Waals surface area contributed by atoms with Crippen LogP contribution in [0.3, 0.4) is 0 Å². The second kappa shape index (κ2) is 5.52. The van der Waals surface area contributed by atoms with E-state index < -0.39 is 0 Å². The van der Waals surface area contributed by atoms with Crippen LogP contribution in [0.1, 0.15) is 5.56 Å². The van der Waals surface area contributed by atoms with Gasteiger partial charge in [-0.3, -0.25) is 0 Å². The molecule has 0 atom stereocenters. The summed E-state index contributed by atoms with van der Waals surface area (Å²) in [6, 6.07) is 12.0. The Morgan fingerprint density at radius 3 is 2.65 bits per heavy atom. The molecule has 0 amide bonds. The van der Waals surface area contributed by atoms with Crippen LogP contribution in [-0.4, -0.2) is 0 Å². The minimum Gasteiger partial charge on any atom is -0.489 e. The topological polar surface area (TPSA) is 9.23 Å². The van der Waals surface area contributed by atoms with Crippen LogP contribution in [0.25, 0.3) is 0 Å². The standard InChI is InChI=1S/C13H9BrClFO/c14-11-6-5-10(7-13(11)16)17-8-9-3-1-2-4-12(9)15/h1-7H,8H2. The molecule has 1 nitrogen and oxygen atoms in total. The van der Waals surface area contributed by atoms with Gasteiger partial charge in [0.1, 0.15) is 18.2 Å². The van der Waals surface area contributed by atoms with Gasteiger partial charge in [0, 0.05) is 16.7 Å². The van der Waals surface area contributed by atoms with Gasteiger partial charge < -0.3 is 4.74 Å². The quantitative estimate of drug-likeness (QED) is 0.789. The minimum absolute atomic E-state index is 0.320. The average molecular weight is 316 g/mol. The monoisotopic (exact) mass is 314 g/mol. The van der Waals surface area contributed by atoms with Crippen molar-refractivity contribution in [1.29, 1.82) is 0 Å². The molecule has 0 fully saturated rings. The highest BCUT2D eigenvalue weighted by Gasteiger charge is 2.03. The third-order valence-corrected chi connectivity index (χ3v) is 3.26. The number of rotatable bonds is 3. The zero-order chi connectivity index (χ0) is 12.3. The lowest BCUT2D eigenvalue weighted by atomic mass is 10.2. The van der Waals surface area contributed by atoms with Crippen LogP contribution in [-0.2, 0) is 6.61 Å². The predicted molar refractivity (Wildman–Crippen MR) is 69.9 cm³/mol. The highest BCUT2D eigenvalue weighted by atomic mass is 79.9. The highest BCUT2D eigenvalue weighted by Crippen LogP contribution is 2.23. The van der Waals surface area contributed by atoms with Gasteiger partial charge in [0.2, 0.25) is 0 Å². The van der Waals surface area contributed by atoms with Gasteiger partial charge in [-0.15, -0.1) is 0 Å². The Labute approximate surface area is 112 Å². The summed E-state index contributed by atoms with van der Waals surface area (Å²) in [5.41, 5.74) is 0.873. The lowest BCUT2D eigenvalue weighted by molar-refractivity contribution is 0.304. The molecule has 0 aliphatic carbocycles. The molecule has 0 saturated heterocycles. The average Bonchev–Trinajstić information content (AvgIpc) is 2.32. The fourth-order valence-electron chi connectivity index (χ4n) is 1.34. The lowest BCUT2D eigenvalue weighted by Gasteiger charge is -2.08. The lowest BCUT2D eigenvalue weighted by Crippen LogP contribution is -1.96. The van der Waals surface area contributed by atoms with Gasteiger partial charge in [0.05, 0.1) is 4.47 Å². The second-order valence-corrected chi connectivity index (χ2v) is 4.72. The smallest absolute Gasteiger partial charge is 0.141 e. The normalized spacial score (nSPS) is 10.3. The number of ether oxygens (including phenoxy) is 1. The summed E-state index contributed by atoms with van der Waals surface area (Å²) < 4.78 is 19.1. The van der Waals surface area contributed by atoms with Gasteiger partial charge >= 0.3 is 0 Å². The molecule has 88 valence electrons. The molecule has 0 bridgehead atoms. The number of halogens is 3. The first-order chi connectivity index (χ1) is 8.16. The van der Waals surface area contributed by atoms with E-state index >= 15 is 0 Å². The predicted octanol–water partition coefficient (Wildman–Crippen LogP) is 4.82. The van der Waals surface area contributed by atoms with E-state index in [0.29, 0.717) is 21.9 Å². The SMILES string of the molecule is Fc1cc(OCc2ccccc2Cl)ccc1Br. The molecule has 0 saturated carbocycles. The molecule has 0 aliphatic heterocycles.